The Bertz CT molecular complexity index is 6060. The number of hydrogen-bond donors (Lipinski definition) is 0. The molecule has 6 aromatic heterocycles. The highest BCUT2D eigenvalue weighted by molar-refractivity contribution is 7.24. The Labute approximate surface area is 606 Å². The third-order valence-corrected chi connectivity index (χ3v) is 24.6. The van der Waals surface area contributed by atoms with Crippen molar-refractivity contribution in [1.29, 1.82) is 0 Å². The van der Waals surface area contributed by atoms with E-state index in [0.717, 1.165) is 34.1 Å². The van der Waals surface area contributed by atoms with Crippen LogP contribution in [-0.4, -0.2) is 13.7 Å². The molecule has 103 heavy (non-hydrogen) atoms. The minimum absolute atomic E-state index is 1.07. The molecule has 4 nitrogen and oxygen atoms in total. The molecule has 21 rings (SSSR count). The summed E-state index contributed by atoms with van der Waals surface area (Å²) >= 11 is 5.60. The van der Waals surface area contributed by atoms with Gasteiger partial charge in [0.2, 0.25) is 0 Å². The first-order valence-electron chi connectivity index (χ1n) is 35.0. The molecule has 0 radical (unpaired) electrons. The smallest absolute Gasteiger partial charge is 0.0541 e. The molecule has 6 heterocycles. The van der Waals surface area contributed by atoms with Crippen LogP contribution in [-0.2, 0) is 0 Å². The molecule has 0 aliphatic rings. The summed E-state index contributed by atoms with van der Waals surface area (Å²) in [6.45, 7) is 0. The van der Waals surface area contributed by atoms with Gasteiger partial charge in [-0.3, -0.25) is 0 Å². The Balaban J connectivity index is 0.664. The van der Waals surface area contributed by atoms with Gasteiger partial charge in [-0.05, 0) is 161 Å². The molecule has 0 amide bonds. The van der Waals surface area contributed by atoms with Gasteiger partial charge in [0.05, 0.1) is 33.1 Å². The van der Waals surface area contributed by atoms with Crippen molar-refractivity contribution in [3.8, 4) is 81.8 Å². The Morgan fingerprint density at radius 2 is 0.369 bits per heavy atom. The Morgan fingerprint density at radius 1 is 0.175 bits per heavy atom. The minimum atomic E-state index is 1.07. The average Bonchev–Trinajstić information content (AvgIpc) is 1.60. The van der Waals surface area contributed by atoms with Crippen LogP contribution in [0.25, 0.3) is 177 Å². The summed E-state index contributed by atoms with van der Waals surface area (Å²) < 4.78 is 11.0. The first kappa shape index (κ1) is 59.3. The summed E-state index contributed by atoms with van der Waals surface area (Å²) in [6, 6.07) is 135. The molecule has 7 heteroatoms. The first-order chi connectivity index (χ1) is 51.1. The van der Waals surface area contributed by atoms with E-state index in [0.29, 0.717) is 0 Å². The quantitative estimate of drug-likeness (QED) is 0.119. The Hall–Kier alpha value is -12.6. The molecular formula is C96H60N4S3. The third-order valence-electron chi connectivity index (χ3n) is 20.9. The van der Waals surface area contributed by atoms with Gasteiger partial charge in [0.1, 0.15) is 0 Å². The van der Waals surface area contributed by atoms with Crippen LogP contribution in [0.5, 0.6) is 0 Å². The molecule has 21 aromatic rings. The summed E-state index contributed by atoms with van der Waals surface area (Å²) in [5.41, 5.74) is 24.8. The van der Waals surface area contributed by atoms with Crippen molar-refractivity contribution >= 4 is 147 Å². The van der Waals surface area contributed by atoms with Gasteiger partial charge < -0.3 is 18.6 Å². The third kappa shape index (κ3) is 9.62. The van der Waals surface area contributed by atoms with E-state index >= 15 is 0 Å². The van der Waals surface area contributed by atoms with E-state index < -0.39 is 0 Å². The van der Waals surface area contributed by atoms with Gasteiger partial charge in [-0.15, -0.1) is 34.0 Å². The molecule has 0 N–H and O–H groups in total. The van der Waals surface area contributed by atoms with Crippen LogP contribution < -0.4 is 4.90 Å². The van der Waals surface area contributed by atoms with Crippen molar-refractivity contribution in [2.75, 3.05) is 4.90 Å². The summed E-state index contributed by atoms with van der Waals surface area (Å²) in [5.74, 6) is 0. The van der Waals surface area contributed by atoms with Crippen LogP contribution in [0, 0.1) is 0 Å². The number of para-hydroxylation sites is 6. The van der Waals surface area contributed by atoms with E-state index in [1.807, 2.05) is 34.0 Å². The molecule has 0 aliphatic carbocycles. The molecular weight excluding hydrogens is 1310 g/mol. The number of anilines is 3. The molecule has 0 spiro atoms. The monoisotopic (exact) mass is 1360 g/mol. The van der Waals surface area contributed by atoms with Gasteiger partial charge in [0, 0.05) is 128 Å². The number of fused-ring (bicyclic) bond motifs is 12. The second kappa shape index (κ2) is 24.0. The van der Waals surface area contributed by atoms with Crippen molar-refractivity contribution < 1.29 is 0 Å². The molecule has 0 atom stereocenters. The maximum Gasteiger partial charge on any atom is 0.0541 e. The highest BCUT2D eigenvalue weighted by Gasteiger charge is 2.24. The van der Waals surface area contributed by atoms with E-state index in [-0.39, 0.29) is 0 Å². The van der Waals surface area contributed by atoms with Gasteiger partial charge in [0.25, 0.3) is 0 Å². The number of hydrogen-bond acceptors (Lipinski definition) is 4. The highest BCUT2D eigenvalue weighted by atomic mass is 32.1. The molecule has 0 unspecified atom stereocenters. The van der Waals surface area contributed by atoms with E-state index in [9.17, 15) is 0 Å². The second-order valence-corrected chi connectivity index (χ2v) is 29.8. The van der Waals surface area contributed by atoms with Crippen LogP contribution in [0.4, 0.5) is 17.1 Å². The standard InChI is InChI=1S/C96H60N4S3/c1-10-28-82-73(19-1)74-20-2-11-29-83(74)98(82)70-49-37-61(38-50-70)91-79-25-7-16-34-88(79)101-94(91)64-43-55-67(56-44-64)97(68-57-45-65(46-58-68)95-92(80-26-8-17-35-89(80)102-95)62-39-51-71(52-40-62)99-84-30-12-3-21-75(84)76-22-4-13-31-85(76)99)69-59-47-66(48-60-69)96-93(81-27-9-18-36-90(81)103-96)63-41-53-72(54-42-63)100-86-32-14-5-23-77(86)78-24-6-15-33-87(78)100/h1-60H. The molecule has 0 saturated carbocycles. The SMILES string of the molecule is c1ccc2c(-c3ccc(-n4c5ccccc5c5ccccc54)cc3)c(-c3ccc(N(c4ccc(-c5sc6ccccc6c5-c5ccc(-n6c7ccccc7c7ccccc76)cc5)cc4)c4ccc(-c5sc6ccccc6c5-c5ccc(-n6c7ccccc7c7ccccc76)cc5)cc4)cc3)sc2c1. The zero-order valence-electron chi connectivity index (χ0n) is 55.7. The van der Waals surface area contributed by atoms with E-state index in [4.69, 9.17) is 0 Å². The first-order valence-corrected chi connectivity index (χ1v) is 37.5. The number of benzene rings is 15. The number of thiophene rings is 3. The minimum Gasteiger partial charge on any atom is -0.311 e. The lowest BCUT2D eigenvalue weighted by atomic mass is 9.97. The van der Waals surface area contributed by atoms with E-state index in [1.165, 1.54) is 160 Å². The lowest BCUT2D eigenvalue weighted by Gasteiger charge is -2.26. The number of nitrogens with zero attached hydrogens (tertiary/aromatic N) is 4. The van der Waals surface area contributed by atoms with Crippen LogP contribution in [0.2, 0.25) is 0 Å². The Kier molecular flexibility index (Phi) is 13.8. The maximum absolute atomic E-state index is 2.43. The zero-order valence-corrected chi connectivity index (χ0v) is 58.1. The van der Waals surface area contributed by atoms with Crippen LogP contribution in [0.15, 0.2) is 364 Å². The number of aromatic nitrogens is 3. The van der Waals surface area contributed by atoms with Crippen LogP contribution >= 0.6 is 34.0 Å². The topological polar surface area (TPSA) is 18.0 Å². The summed E-state index contributed by atoms with van der Waals surface area (Å²) in [7, 11) is 0. The highest BCUT2D eigenvalue weighted by Crippen LogP contribution is 2.51. The zero-order chi connectivity index (χ0) is 67.6. The normalized spacial score (nSPS) is 11.9. The maximum atomic E-state index is 2.43. The van der Waals surface area contributed by atoms with Crippen LogP contribution in [0.3, 0.4) is 0 Å². The van der Waals surface area contributed by atoms with Gasteiger partial charge in [-0.1, -0.05) is 237 Å². The van der Waals surface area contributed by atoms with E-state index in [1.54, 1.807) is 0 Å². The average molecular weight is 1370 g/mol. The van der Waals surface area contributed by atoms with Gasteiger partial charge in [0.15, 0.2) is 0 Å². The predicted molar refractivity (Wildman–Crippen MR) is 443 cm³/mol. The molecule has 15 aromatic carbocycles. The lowest BCUT2D eigenvalue weighted by molar-refractivity contribution is 1.18. The fraction of sp³-hybridized carbons (Fsp3) is 0. The summed E-state index contributed by atoms with van der Waals surface area (Å²) in [5, 5.41) is 11.3. The van der Waals surface area contributed by atoms with Crippen molar-refractivity contribution in [3.63, 3.8) is 0 Å². The molecule has 0 aliphatic heterocycles. The second-order valence-electron chi connectivity index (χ2n) is 26.6. The summed E-state index contributed by atoms with van der Waals surface area (Å²) in [4.78, 5) is 6.17. The van der Waals surface area contributed by atoms with Gasteiger partial charge >= 0.3 is 0 Å². The molecule has 0 bridgehead atoms. The molecule has 482 valence electrons. The predicted octanol–water partition coefficient (Wildman–Crippen LogP) is 28.1. The number of rotatable bonds is 12. The molecule has 0 fully saturated rings. The Morgan fingerprint density at radius 3 is 0.602 bits per heavy atom. The fourth-order valence-electron chi connectivity index (χ4n) is 16.3. The fourth-order valence-corrected chi connectivity index (χ4v) is 20.0. The lowest BCUT2D eigenvalue weighted by Crippen LogP contribution is -2.09. The largest absolute Gasteiger partial charge is 0.311 e. The van der Waals surface area contributed by atoms with Crippen LogP contribution in [0.1, 0.15) is 0 Å². The van der Waals surface area contributed by atoms with Gasteiger partial charge in [-0.2, -0.15) is 0 Å². The van der Waals surface area contributed by atoms with Crippen molar-refractivity contribution in [2.45, 2.75) is 0 Å². The van der Waals surface area contributed by atoms with Crippen molar-refractivity contribution in [2.24, 2.45) is 0 Å². The van der Waals surface area contributed by atoms with Crippen molar-refractivity contribution in [3.05, 3.63) is 364 Å². The van der Waals surface area contributed by atoms with Gasteiger partial charge in [-0.25, -0.2) is 0 Å². The van der Waals surface area contributed by atoms with Crippen molar-refractivity contribution in [1.82, 2.24) is 13.7 Å². The summed E-state index contributed by atoms with van der Waals surface area (Å²) in [6.07, 6.45) is 0. The molecule has 0 saturated heterocycles. The van der Waals surface area contributed by atoms with E-state index in [2.05, 4.69) is 383 Å².